The summed E-state index contributed by atoms with van der Waals surface area (Å²) in [6.45, 7) is 9.90. The molecule has 2 aliphatic rings. The van der Waals surface area contributed by atoms with Crippen molar-refractivity contribution in [2.75, 3.05) is 19.6 Å². The Morgan fingerprint density at radius 3 is 2.33 bits per heavy atom. The van der Waals surface area contributed by atoms with Gasteiger partial charge >= 0.3 is 0 Å². The molecule has 2 heterocycles. The van der Waals surface area contributed by atoms with Crippen molar-refractivity contribution >= 4 is 43.9 Å². The topological polar surface area (TPSA) is 129 Å². The molecule has 1 aromatic heterocycles. The molecule has 0 radical (unpaired) electrons. The van der Waals surface area contributed by atoms with E-state index in [2.05, 4.69) is 15.0 Å². The first-order valence-corrected chi connectivity index (χ1v) is 16.7. The Morgan fingerprint density at radius 2 is 1.69 bits per heavy atom. The minimum Gasteiger partial charge on any atom is -0.389 e. The van der Waals surface area contributed by atoms with E-state index in [9.17, 15) is 23.1 Å². The number of rotatable bonds is 7. The van der Waals surface area contributed by atoms with Crippen LogP contribution in [0.4, 0.5) is 0 Å². The van der Waals surface area contributed by atoms with Crippen molar-refractivity contribution in [2.24, 2.45) is 5.41 Å². The SMILES string of the molecule is CC(C)(O)CNC(=O)c1nc(C(=O)N2CCC3(CCCC3)C2)c(-c2ccc(S(=O)(=O)NC(C)(C)C)c3ccccc23)s1. The van der Waals surface area contributed by atoms with E-state index in [-0.39, 0.29) is 33.5 Å². The van der Waals surface area contributed by atoms with Crippen LogP contribution in [0.1, 0.15) is 87.0 Å². The number of nitrogens with one attached hydrogen (secondary N) is 2. The van der Waals surface area contributed by atoms with E-state index < -0.39 is 27.1 Å². The lowest BCUT2D eigenvalue weighted by molar-refractivity contribution is 0.0693. The molecule has 2 amide bonds. The van der Waals surface area contributed by atoms with E-state index in [4.69, 9.17) is 0 Å². The summed E-state index contributed by atoms with van der Waals surface area (Å²) in [5.74, 6) is -0.698. The maximum Gasteiger partial charge on any atom is 0.280 e. The molecular formula is C31H40N4O5S2. The first-order chi connectivity index (χ1) is 19.6. The Kier molecular flexibility index (Phi) is 8.02. The molecule has 3 aromatic rings. The number of nitrogens with zero attached hydrogens (tertiary/aromatic N) is 2. The molecule has 9 nitrogen and oxygen atoms in total. The molecule has 2 fully saturated rings. The fourth-order valence-corrected chi connectivity index (χ4v) is 8.71. The fourth-order valence-electron chi connectivity index (χ4n) is 6.07. The van der Waals surface area contributed by atoms with Crippen LogP contribution in [0.25, 0.3) is 21.2 Å². The molecule has 226 valence electrons. The predicted octanol–water partition coefficient (Wildman–Crippen LogP) is 4.95. The molecule has 1 spiro atoms. The molecule has 1 aliphatic heterocycles. The third-order valence-corrected chi connectivity index (χ3v) is 10.9. The van der Waals surface area contributed by atoms with Gasteiger partial charge in [0.2, 0.25) is 10.0 Å². The molecular weight excluding hydrogens is 572 g/mol. The molecule has 0 atom stereocenters. The van der Waals surface area contributed by atoms with Crippen LogP contribution >= 0.6 is 11.3 Å². The summed E-state index contributed by atoms with van der Waals surface area (Å²) in [5.41, 5.74) is -0.789. The third-order valence-electron chi connectivity index (χ3n) is 7.95. The number of benzene rings is 2. The summed E-state index contributed by atoms with van der Waals surface area (Å²) in [7, 11) is -3.85. The van der Waals surface area contributed by atoms with Gasteiger partial charge < -0.3 is 15.3 Å². The Morgan fingerprint density at radius 1 is 1.02 bits per heavy atom. The van der Waals surface area contributed by atoms with Gasteiger partial charge in [-0.05, 0) is 70.7 Å². The molecule has 1 aliphatic carbocycles. The number of fused-ring (bicyclic) bond motifs is 1. The maximum absolute atomic E-state index is 14.0. The second-order valence-corrected chi connectivity index (χ2v) is 16.0. The minimum atomic E-state index is -3.85. The minimum absolute atomic E-state index is 0.0228. The van der Waals surface area contributed by atoms with Gasteiger partial charge in [-0.2, -0.15) is 0 Å². The van der Waals surface area contributed by atoms with Crippen molar-refractivity contribution in [1.29, 1.82) is 0 Å². The van der Waals surface area contributed by atoms with Crippen LogP contribution in [-0.2, 0) is 10.0 Å². The highest BCUT2D eigenvalue weighted by atomic mass is 32.2. The summed E-state index contributed by atoms with van der Waals surface area (Å²) >= 11 is 1.10. The molecule has 1 saturated heterocycles. The number of carbonyl (C=O) groups excluding carboxylic acids is 2. The molecule has 42 heavy (non-hydrogen) atoms. The highest BCUT2D eigenvalue weighted by molar-refractivity contribution is 7.89. The largest absolute Gasteiger partial charge is 0.389 e. The van der Waals surface area contributed by atoms with E-state index in [0.717, 1.165) is 30.6 Å². The monoisotopic (exact) mass is 612 g/mol. The average molecular weight is 613 g/mol. The van der Waals surface area contributed by atoms with Crippen molar-refractivity contribution in [3.8, 4) is 10.4 Å². The molecule has 2 aromatic carbocycles. The molecule has 11 heteroatoms. The van der Waals surface area contributed by atoms with Gasteiger partial charge in [0.15, 0.2) is 5.01 Å². The van der Waals surface area contributed by atoms with Gasteiger partial charge in [-0.3, -0.25) is 9.59 Å². The van der Waals surface area contributed by atoms with Crippen molar-refractivity contribution in [3.05, 3.63) is 47.1 Å². The summed E-state index contributed by atoms with van der Waals surface area (Å²) in [6.07, 6.45) is 5.57. The van der Waals surface area contributed by atoms with Gasteiger partial charge in [0.25, 0.3) is 11.8 Å². The lowest BCUT2D eigenvalue weighted by atomic mass is 9.86. The van der Waals surface area contributed by atoms with Gasteiger partial charge in [-0.1, -0.05) is 43.2 Å². The van der Waals surface area contributed by atoms with Crippen molar-refractivity contribution in [1.82, 2.24) is 19.9 Å². The highest BCUT2D eigenvalue weighted by Crippen LogP contribution is 2.46. The van der Waals surface area contributed by atoms with Crippen LogP contribution in [0.15, 0.2) is 41.3 Å². The van der Waals surface area contributed by atoms with Crippen molar-refractivity contribution < 1.29 is 23.1 Å². The second kappa shape index (κ2) is 11.0. The Balaban J connectivity index is 1.60. The van der Waals surface area contributed by atoms with Crippen molar-refractivity contribution in [2.45, 2.75) is 82.8 Å². The van der Waals surface area contributed by atoms with Gasteiger partial charge in [0, 0.05) is 36.1 Å². The van der Waals surface area contributed by atoms with Gasteiger partial charge in [-0.15, -0.1) is 11.3 Å². The summed E-state index contributed by atoms with van der Waals surface area (Å²) in [5, 5.41) is 14.1. The number of hydrogen-bond acceptors (Lipinski definition) is 7. The van der Waals surface area contributed by atoms with Crippen LogP contribution in [0, 0.1) is 5.41 Å². The van der Waals surface area contributed by atoms with Crippen LogP contribution in [0.5, 0.6) is 0 Å². The van der Waals surface area contributed by atoms with Gasteiger partial charge in [0.1, 0.15) is 5.69 Å². The number of amides is 2. The summed E-state index contributed by atoms with van der Waals surface area (Å²) in [4.78, 5) is 34.3. The Bertz CT molecular complexity index is 1630. The second-order valence-electron chi connectivity index (χ2n) is 13.4. The van der Waals surface area contributed by atoms with Gasteiger partial charge in [-0.25, -0.2) is 18.1 Å². The van der Waals surface area contributed by atoms with E-state index in [0.29, 0.717) is 34.3 Å². The average Bonchev–Trinajstić information content (AvgIpc) is 3.65. The number of hydrogen-bond donors (Lipinski definition) is 3. The molecule has 1 saturated carbocycles. The predicted molar refractivity (Wildman–Crippen MR) is 165 cm³/mol. The quantitative estimate of drug-likeness (QED) is 0.347. The smallest absolute Gasteiger partial charge is 0.280 e. The number of aromatic nitrogens is 1. The first kappa shape index (κ1) is 30.6. The molecule has 0 bridgehead atoms. The zero-order valence-corrected chi connectivity index (χ0v) is 26.5. The normalized spacial score (nSPS) is 17.3. The van der Waals surface area contributed by atoms with Crippen molar-refractivity contribution in [3.63, 3.8) is 0 Å². The zero-order chi connectivity index (χ0) is 30.5. The zero-order valence-electron chi connectivity index (χ0n) is 24.9. The van der Waals surface area contributed by atoms with E-state index in [1.54, 1.807) is 58.9 Å². The van der Waals surface area contributed by atoms with E-state index in [1.807, 2.05) is 17.0 Å². The van der Waals surface area contributed by atoms with Crippen LogP contribution in [0.2, 0.25) is 0 Å². The van der Waals surface area contributed by atoms with E-state index in [1.165, 1.54) is 12.8 Å². The standard InChI is InChI=1S/C31H40N4O5S2/c1-29(2,3)34-42(39,40)23-13-12-22(20-10-6-7-11-21(20)23)25-24(33-27(41-25)26(36)32-18-30(4,5)38)28(37)35-17-16-31(19-35)14-8-9-15-31/h6-7,10-13,34,38H,8-9,14-19H2,1-5H3,(H,32,36). The Hall–Kier alpha value is -2.86. The number of sulfonamides is 1. The number of aliphatic hydroxyl groups is 1. The number of likely N-dealkylation sites (tertiary alicyclic amines) is 1. The lowest BCUT2D eigenvalue weighted by Gasteiger charge is -2.23. The number of thiazole rings is 1. The van der Waals surface area contributed by atoms with Crippen LogP contribution in [0.3, 0.4) is 0 Å². The Labute approximate surface area is 251 Å². The first-order valence-electron chi connectivity index (χ1n) is 14.4. The molecule has 3 N–H and O–H groups in total. The van der Waals surface area contributed by atoms with E-state index >= 15 is 0 Å². The summed E-state index contributed by atoms with van der Waals surface area (Å²) in [6, 6.07) is 10.4. The highest BCUT2D eigenvalue weighted by Gasteiger charge is 2.43. The third kappa shape index (κ3) is 6.39. The van der Waals surface area contributed by atoms with Crippen LogP contribution < -0.4 is 10.0 Å². The maximum atomic E-state index is 14.0. The van der Waals surface area contributed by atoms with Crippen LogP contribution in [-0.4, -0.2) is 66.0 Å². The summed E-state index contributed by atoms with van der Waals surface area (Å²) < 4.78 is 29.5. The molecule has 5 rings (SSSR count). The molecule has 0 unspecified atom stereocenters. The fraction of sp³-hybridized carbons (Fsp3) is 0.516. The lowest BCUT2D eigenvalue weighted by Crippen LogP contribution is -2.40. The van der Waals surface area contributed by atoms with Gasteiger partial charge in [0.05, 0.1) is 15.4 Å². The number of carbonyl (C=O) groups is 2.